The second kappa shape index (κ2) is 5.68. The minimum atomic E-state index is -0.425. The van der Waals surface area contributed by atoms with E-state index in [0.717, 1.165) is 11.6 Å². The first-order chi connectivity index (χ1) is 7.11. The molecule has 0 fully saturated rings. The van der Waals surface area contributed by atoms with Crippen molar-refractivity contribution in [1.29, 1.82) is 0 Å². The first-order valence-electron chi connectivity index (χ1n) is 4.82. The number of nitrogens with one attached hydrogen (secondary N) is 1. The normalized spacial score (nSPS) is 12.7. The maximum absolute atomic E-state index is 12.9. The van der Waals surface area contributed by atoms with E-state index < -0.39 is 5.82 Å². The monoisotopic (exact) mass is 213 g/mol. The number of ether oxygens (including phenoxy) is 1. The Balaban J connectivity index is 2.50. The van der Waals surface area contributed by atoms with Gasteiger partial charge in [0.25, 0.3) is 0 Å². The second-order valence-electron chi connectivity index (χ2n) is 3.55. The molecule has 15 heavy (non-hydrogen) atoms. The molecule has 0 spiro atoms. The van der Waals surface area contributed by atoms with Crippen molar-refractivity contribution in [3.8, 4) is 5.75 Å². The van der Waals surface area contributed by atoms with Gasteiger partial charge in [-0.3, -0.25) is 0 Å². The molecule has 0 aromatic heterocycles. The number of benzene rings is 1. The summed E-state index contributed by atoms with van der Waals surface area (Å²) in [7, 11) is 1.63. The highest BCUT2D eigenvalue weighted by molar-refractivity contribution is 5.28. The SMILES string of the molecule is COCC(C)NCc1cc(O)cc(F)c1. The molecule has 1 aromatic carbocycles. The molecule has 0 aliphatic heterocycles. The zero-order valence-electron chi connectivity index (χ0n) is 8.96. The van der Waals surface area contributed by atoms with Crippen molar-refractivity contribution >= 4 is 0 Å². The number of hydrogen-bond donors (Lipinski definition) is 2. The van der Waals surface area contributed by atoms with Crippen molar-refractivity contribution in [2.24, 2.45) is 0 Å². The van der Waals surface area contributed by atoms with Crippen molar-refractivity contribution in [3.05, 3.63) is 29.6 Å². The Kier molecular flexibility index (Phi) is 4.52. The predicted octanol–water partition coefficient (Wildman–Crippen LogP) is 1.66. The molecule has 0 saturated heterocycles. The Morgan fingerprint density at radius 2 is 2.20 bits per heavy atom. The topological polar surface area (TPSA) is 41.5 Å². The largest absolute Gasteiger partial charge is 0.508 e. The van der Waals surface area contributed by atoms with Crippen molar-refractivity contribution in [2.45, 2.75) is 19.5 Å². The molecule has 0 aliphatic rings. The van der Waals surface area contributed by atoms with E-state index in [9.17, 15) is 9.50 Å². The smallest absolute Gasteiger partial charge is 0.127 e. The zero-order chi connectivity index (χ0) is 11.3. The lowest BCUT2D eigenvalue weighted by Gasteiger charge is -2.12. The molecule has 1 rings (SSSR count). The summed E-state index contributed by atoms with van der Waals surface area (Å²) in [6, 6.07) is 4.21. The summed E-state index contributed by atoms with van der Waals surface area (Å²) in [4.78, 5) is 0. The molecule has 1 aromatic rings. The molecule has 4 heteroatoms. The van der Waals surface area contributed by atoms with Crippen LogP contribution in [0.5, 0.6) is 5.75 Å². The van der Waals surface area contributed by atoms with Crippen molar-refractivity contribution in [2.75, 3.05) is 13.7 Å². The van der Waals surface area contributed by atoms with Gasteiger partial charge in [0.2, 0.25) is 0 Å². The molecule has 0 bridgehead atoms. The number of methoxy groups -OCH3 is 1. The maximum Gasteiger partial charge on any atom is 0.127 e. The third-order valence-electron chi connectivity index (χ3n) is 2.01. The van der Waals surface area contributed by atoms with Gasteiger partial charge in [-0.1, -0.05) is 0 Å². The van der Waals surface area contributed by atoms with Crippen LogP contribution in [0.4, 0.5) is 4.39 Å². The van der Waals surface area contributed by atoms with Crippen LogP contribution in [-0.2, 0) is 11.3 Å². The standard InChI is InChI=1S/C11H16FNO2/c1-8(7-15-2)13-6-9-3-10(12)5-11(14)4-9/h3-5,8,13-14H,6-7H2,1-2H3. The lowest BCUT2D eigenvalue weighted by molar-refractivity contribution is 0.171. The molecule has 0 saturated carbocycles. The molecule has 84 valence electrons. The number of rotatable bonds is 5. The Morgan fingerprint density at radius 1 is 1.47 bits per heavy atom. The quantitative estimate of drug-likeness (QED) is 0.781. The van der Waals surface area contributed by atoms with E-state index in [-0.39, 0.29) is 11.8 Å². The van der Waals surface area contributed by atoms with Gasteiger partial charge in [-0.2, -0.15) is 0 Å². The second-order valence-corrected chi connectivity index (χ2v) is 3.55. The van der Waals surface area contributed by atoms with Gasteiger partial charge < -0.3 is 15.2 Å². The van der Waals surface area contributed by atoms with E-state index in [1.54, 1.807) is 7.11 Å². The van der Waals surface area contributed by atoms with Crippen LogP contribution in [0.1, 0.15) is 12.5 Å². The highest BCUT2D eigenvalue weighted by Crippen LogP contribution is 2.14. The van der Waals surface area contributed by atoms with Crippen LogP contribution in [0.2, 0.25) is 0 Å². The summed E-state index contributed by atoms with van der Waals surface area (Å²) in [6.07, 6.45) is 0. The van der Waals surface area contributed by atoms with Gasteiger partial charge >= 0.3 is 0 Å². The van der Waals surface area contributed by atoms with Crippen LogP contribution in [0.25, 0.3) is 0 Å². The average molecular weight is 213 g/mol. The van der Waals surface area contributed by atoms with Crippen LogP contribution >= 0.6 is 0 Å². The lowest BCUT2D eigenvalue weighted by atomic mass is 10.2. The summed E-state index contributed by atoms with van der Waals surface area (Å²) in [6.45, 7) is 3.08. The van der Waals surface area contributed by atoms with Crippen LogP contribution in [-0.4, -0.2) is 24.9 Å². The Labute approximate surface area is 88.9 Å². The zero-order valence-corrected chi connectivity index (χ0v) is 8.96. The average Bonchev–Trinajstić information content (AvgIpc) is 2.14. The van der Waals surface area contributed by atoms with Crippen LogP contribution in [0.3, 0.4) is 0 Å². The van der Waals surface area contributed by atoms with Gasteiger partial charge in [-0.25, -0.2) is 4.39 Å². The van der Waals surface area contributed by atoms with Crippen molar-refractivity contribution < 1.29 is 14.2 Å². The van der Waals surface area contributed by atoms with Gasteiger partial charge in [0, 0.05) is 25.8 Å². The van der Waals surface area contributed by atoms with Crippen molar-refractivity contribution in [1.82, 2.24) is 5.32 Å². The van der Waals surface area contributed by atoms with Crippen LogP contribution in [0, 0.1) is 5.82 Å². The fraction of sp³-hybridized carbons (Fsp3) is 0.455. The number of aromatic hydroxyl groups is 1. The first kappa shape index (κ1) is 11.9. The number of phenolic OH excluding ortho intramolecular Hbond substituents is 1. The van der Waals surface area contributed by atoms with E-state index >= 15 is 0 Å². The fourth-order valence-corrected chi connectivity index (χ4v) is 1.34. The van der Waals surface area contributed by atoms with Gasteiger partial charge in [-0.15, -0.1) is 0 Å². The minimum absolute atomic E-state index is 0.0498. The van der Waals surface area contributed by atoms with E-state index in [1.807, 2.05) is 6.92 Å². The van der Waals surface area contributed by atoms with E-state index in [0.29, 0.717) is 13.2 Å². The Morgan fingerprint density at radius 3 is 2.80 bits per heavy atom. The molecule has 3 nitrogen and oxygen atoms in total. The number of phenols is 1. The lowest BCUT2D eigenvalue weighted by Crippen LogP contribution is -2.29. The Bertz CT molecular complexity index is 297. The van der Waals surface area contributed by atoms with E-state index in [4.69, 9.17) is 4.74 Å². The van der Waals surface area contributed by atoms with Gasteiger partial charge in [0.05, 0.1) is 6.61 Å². The number of halogens is 1. The number of hydrogen-bond acceptors (Lipinski definition) is 3. The van der Waals surface area contributed by atoms with Crippen molar-refractivity contribution in [3.63, 3.8) is 0 Å². The van der Waals surface area contributed by atoms with E-state index in [1.165, 1.54) is 12.1 Å². The summed E-state index contributed by atoms with van der Waals surface area (Å²) < 4.78 is 17.8. The highest BCUT2D eigenvalue weighted by atomic mass is 19.1. The minimum Gasteiger partial charge on any atom is -0.508 e. The summed E-state index contributed by atoms with van der Waals surface area (Å²) >= 11 is 0. The Hall–Kier alpha value is -1.13. The van der Waals surface area contributed by atoms with Gasteiger partial charge in [-0.05, 0) is 24.6 Å². The summed E-state index contributed by atoms with van der Waals surface area (Å²) in [5.41, 5.74) is 0.718. The first-order valence-corrected chi connectivity index (χ1v) is 4.82. The third-order valence-corrected chi connectivity index (χ3v) is 2.01. The maximum atomic E-state index is 12.9. The molecule has 0 amide bonds. The molecule has 1 unspecified atom stereocenters. The third kappa shape index (κ3) is 4.27. The predicted molar refractivity (Wildman–Crippen MR) is 56.2 cm³/mol. The summed E-state index contributed by atoms with van der Waals surface area (Å²) in [5.74, 6) is -0.475. The molecule has 1 atom stereocenters. The van der Waals surface area contributed by atoms with Gasteiger partial charge in [0.1, 0.15) is 11.6 Å². The van der Waals surface area contributed by atoms with Crippen LogP contribution in [0.15, 0.2) is 18.2 Å². The van der Waals surface area contributed by atoms with Gasteiger partial charge in [0.15, 0.2) is 0 Å². The molecule has 0 radical (unpaired) electrons. The molecular weight excluding hydrogens is 197 g/mol. The van der Waals surface area contributed by atoms with E-state index in [2.05, 4.69) is 5.32 Å². The highest BCUT2D eigenvalue weighted by Gasteiger charge is 2.03. The molecular formula is C11H16FNO2. The molecule has 0 heterocycles. The fourth-order valence-electron chi connectivity index (χ4n) is 1.34. The van der Waals surface area contributed by atoms with Crippen LogP contribution < -0.4 is 5.32 Å². The molecule has 2 N–H and O–H groups in total. The summed E-state index contributed by atoms with van der Waals surface area (Å²) in [5, 5.41) is 12.3. The molecule has 0 aliphatic carbocycles.